The van der Waals surface area contributed by atoms with Crippen molar-refractivity contribution in [2.45, 2.75) is 13.0 Å². The molecule has 1 atom stereocenters. The number of carbonyl (C=O) groups excluding carboxylic acids is 1. The van der Waals surface area contributed by atoms with Gasteiger partial charge in [-0.05, 0) is 52.7 Å². The van der Waals surface area contributed by atoms with Crippen LogP contribution in [-0.2, 0) is 0 Å². The summed E-state index contributed by atoms with van der Waals surface area (Å²) in [6.45, 7) is 1.88. The van der Waals surface area contributed by atoms with Crippen molar-refractivity contribution in [3.05, 3.63) is 62.3 Å². The van der Waals surface area contributed by atoms with Crippen molar-refractivity contribution in [1.82, 2.24) is 10.3 Å². The van der Waals surface area contributed by atoms with Crippen molar-refractivity contribution in [2.24, 2.45) is 0 Å². The zero-order valence-corrected chi connectivity index (χ0v) is 13.6. The van der Waals surface area contributed by atoms with Crippen molar-refractivity contribution in [1.29, 1.82) is 0 Å². The highest BCUT2D eigenvalue weighted by atomic mass is 79.9. The second kappa shape index (κ2) is 6.57. The average molecular weight is 374 g/mol. The van der Waals surface area contributed by atoms with E-state index in [0.717, 1.165) is 5.56 Å². The first kappa shape index (κ1) is 15.3. The number of rotatable bonds is 3. The number of carbonyl (C=O) groups is 1. The van der Waals surface area contributed by atoms with Crippen LogP contribution in [0.1, 0.15) is 28.9 Å². The summed E-state index contributed by atoms with van der Waals surface area (Å²) in [5.41, 5.74) is 1.39. The third-order valence-corrected chi connectivity index (χ3v) is 3.99. The highest BCUT2D eigenvalue weighted by molar-refractivity contribution is 9.10. The van der Waals surface area contributed by atoms with Crippen molar-refractivity contribution in [3.63, 3.8) is 0 Å². The summed E-state index contributed by atoms with van der Waals surface area (Å²) in [6.07, 6.45) is 1.51. The lowest BCUT2D eigenvalue weighted by Gasteiger charge is -2.15. The Morgan fingerprint density at radius 3 is 2.60 bits per heavy atom. The van der Waals surface area contributed by atoms with Gasteiger partial charge in [0.15, 0.2) is 0 Å². The summed E-state index contributed by atoms with van der Waals surface area (Å²) in [6, 6.07) is 8.53. The van der Waals surface area contributed by atoms with Gasteiger partial charge in [-0.15, -0.1) is 0 Å². The fourth-order valence-corrected chi connectivity index (χ4v) is 2.20. The van der Waals surface area contributed by atoms with Gasteiger partial charge >= 0.3 is 0 Å². The molecule has 0 fully saturated rings. The molecule has 0 spiro atoms. The van der Waals surface area contributed by atoms with Crippen LogP contribution in [0.5, 0.6) is 0 Å². The fraction of sp³-hybridized carbons (Fsp3) is 0.143. The number of nitrogens with one attached hydrogen (secondary N) is 1. The number of hydrogen-bond donors (Lipinski definition) is 1. The Bertz CT molecular complexity index is 632. The van der Waals surface area contributed by atoms with Crippen LogP contribution >= 0.6 is 39.1 Å². The van der Waals surface area contributed by atoms with Crippen LogP contribution in [0.25, 0.3) is 0 Å². The second-order valence-electron chi connectivity index (χ2n) is 4.24. The number of pyridine rings is 1. The van der Waals surface area contributed by atoms with Gasteiger partial charge < -0.3 is 5.32 Å². The first-order valence-electron chi connectivity index (χ1n) is 5.84. The van der Waals surface area contributed by atoms with Gasteiger partial charge in [-0.1, -0.05) is 29.3 Å². The average Bonchev–Trinajstić information content (AvgIpc) is 2.42. The van der Waals surface area contributed by atoms with E-state index < -0.39 is 0 Å². The predicted octanol–water partition coefficient (Wildman–Crippen LogP) is 4.64. The SMILES string of the molecule is CC(NC(=O)c1ccc(Br)nc1)c1ccc(Cl)c(Cl)c1. The maximum Gasteiger partial charge on any atom is 0.253 e. The molecule has 0 saturated carbocycles. The maximum atomic E-state index is 12.1. The standard InChI is InChI=1S/C14H11BrCl2N2O/c1-8(9-2-4-11(16)12(17)6-9)19-14(20)10-3-5-13(15)18-7-10/h2-8H,1H3,(H,19,20). The van der Waals surface area contributed by atoms with Crippen LogP contribution in [-0.4, -0.2) is 10.9 Å². The molecule has 3 nitrogen and oxygen atoms in total. The Hall–Kier alpha value is -1.10. The molecule has 0 aliphatic carbocycles. The molecule has 20 heavy (non-hydrogen) atoms. The lowest BCUT2D eigenvalue weighted by atomic mass is 10.1. The molecule has 1 heterocycles. The van der Waals surface area contributed by atoms with Gasteiger partial charge in [-0.25, -0.2) is 4.98 Å². The number of benzene rings is 1. The quantitative estimate of drug-likeness (QED) is 0.796. The summed E-state index contributed by atoms with van der Waals surface area (Å²) >= 11 is 15.1. The number of halogens is 3. The maximum absolute atomic E-state index is 12.1. The summed E-state index contributed by atoms with van der Waals surface area (Å²) in [4.78, 5) is 16.1. The van der Waals surface area contributed by atoms with E-state index in [1.807, 2.05) is 13.0 Å². The molecule has 1 amide bonds. The van der Waals surface area contributed by atoms with Crippen LogP contribution in [0.15, 0.2) is 41.1 Å². The Morgan fingerprint density at radius 2 is 2.00 bits per heavy atom. The number of nitrogens with zero attached hydrogens (tertiary/aromatic N) is 1. The van der Waals surface area contributed by atoms with E-state index in [-0.39, 0.29) is 11.9 Å². The minimum Gasteiger partial charge on any atom is -0.345 e. The van der Waals surface area contributed by atoms with Gasteiger partial charge in [0, 0.05) is 6.20 Å². The largest absolute Gasteiger partial charge is 0.345 e. The van der Waals surface area contributed by atoms with E-state index in [0.29, 0.717) is 20.2 Å². The fourth-order valence-electron chi connectivity index (χ4n) is 1.66. The zero-order chi connectivity index (χ0) is 14.7. The summed E-state index contributed by atoms with van der Waals surface area (Å²) in [5.74, 6) is -0.191. The highest BCUT2D eigenvalue weighted by Crippen LogP contribution is 2.25. The van der Waals surface area contributed by atoms with Crippen LogP contribution in [0.3, 0.4) is 0 Å². The van der Waals surface area contributed by atoms with E-state index in [1.165, 1.54) is 6.20 Å². The van der Waals surface area contributed by atoms with Gasteiger partial charge in [0.05, 0.1) is 21.7 Å². The molecule has 0 bridgehead atoms. The third-order valence-electron chi connectivity index (χ3n) is 2.78. The summed E-state index contributed by atoms with van der Waals surface area (Å²) in [7, 11) is 0. The molecule has 0 radical (unpaired) electrons. The Morgan fingerprint density at radius 1 is 1.25 bits per heavy atom. The monoisotopic (exact) mass is 372 g/mol. The summed E-state index contributed by atoms with van der Waals surface area (Å²) < 4.78 is 0.687. The van der Waals surface area contributed by atoms with Crippen molar-refractivity contribution < 1.29 is 4.79 Å². The van der Waals surface area contributed by atoms with Gasteiger partial charge in [-0.2, -0.15) is 0 Å². The molecule has 1 N–H and O–H groups in total. The molecule has 104 valence electrons. The molecule has 6 heteroatoms. The van der Waals surface area contributed by atoms with E-state index in [1.54, 1.807) is 24.3 Å². The Balaban J connectivity index is 2.10. The first-order valence-corrected chi connectivity index (χ1v) is 7.39. The van der Waals surface area contributed by atoms with E-state index in [9.17, 15) is 4.79 Å². The topological polar surface area (TPSA) is 42.0 Å². The van der Waals surface area contributed by atoms with Gasteiger partial charge in [0.2, 0.25) is 0 Å². The van der Waals surface area contributed by atoms with Crippen LogP contribution < -0.4 is 5.32 Å². The first-order chi connectivity index (χ1) is 9.47. The smallest absolute Gasteiger partial charge is 0.253 e. The molecule has 1 aromatic carbocycles. The van der Waals surface area contributed by atoms with E-state index in [2.05, 4.69) is 26.2 Å². The van der Waals surface area contributed by atoms with Crippen LogP contribution in [0, 0.1) is 0 Å². The normalized spacial score (nSPS) is 12.0. The molecule has 0 aliphatic heterocycles. The molecular weight excluding hydrogens is 363 g/mol. The Labute approximate surface area is 135 Å². The molecule has 1 aromatic heterocycles. The van der Waals surface area contributed by atoms with Gasteiger partial charge in [0.1, 0.15) is 4.60 Å². The highest BCUT2D eigenvalue weighted by Gasteiger charge is 2.12. The molecule has 2 aromatic rings. The molecule has 0 aliphatic rings. The summed E-state index contributed by atoms with van der Waals surface area (Å²) in [5, 5.41) is 3.84. The molecular formula is C14H11BrCl2N2O. The predicted molar refractivity (Wildman–Crippen MR) is 84.3 cm³/mol. The van der Waals surface area contributed by atoms with E-state index >= 15 is 0 Å². The van der Waals surface area contributed by atoms with Crippen molar-refractivity contribution in [3.8, 4) is 0 Å². The van der Waals surface area contributed by atoms with Crippen molar-refractivity contribution in [2.75, 3.05) is 0 Å². The van der Waals surface area contributed by atoms with E-state index in [4.69, 9.17) is 23.2 Å². The van der Waals surface area contributed by atoms with Crippen molar-refractivity contribution >= 4 is 45.0 Å². The lowest BCUT2D eigenvalue weighted by Crippen LogP contribution is -2.26. The number of amides is 1. The van der Waals surface area contributed by atoms with Gasteiger partial charge in [-0.3, -0.25) is 4.79 Å². The van der Waals surface area contributed by atoms with Gasteiger partial charge in [0.25, 0.3) is 5.91 Å². The molecule has 2 rings (SSSR count). The minimum absolute atomic E-state index is 0.180. The molecule has 1 unspecified atom stereocenters. The molecule has 0 saturated heterocycles. The lowest BCUT2D eigenvalue weighted by molar-refractivity contribution is 0.0939. The third kappa shape index (κ3) is 3.72. The minimum atomic E-state index is -0.191. The van der Waals surface area contributed by atoms with Crippen LogP contribution in [0.4, 0.5) is 0 Å². The number of aromatic nitrogens is 1. The van der Waals surface area contributed by atoms with Crippen LogP contribution in [0.2, 0.25) is 10.0 Å². The second-order valence-corrected chi connectivity index (χ2v) is 5.87. The Kier molecular flexibility index (Phi) is 5.02. The zero-order valence-electron chi connectivity index (χ0n) is 10.5. The number of hydrogen-bond acceptors (Lipinski definition) is 2.